The van der Waals surface area contributed by atoms with Crippen molar-refractivity contribution >= 4 is 29.9 Å². The number of ether oxygens (including phenoxy) is 3. The van der Waals surface area contributed by atoms with Crippen LogP contribution in [-0.4, -0.2) is 60.3 Å². The molecule has 1 saturated heterocycles. The molecule has 0 radical (unpaired) electrons. The summed E-state index contributed by atoms with van der Waals surface area (Å²) >= 11 is 0. The van der Waals surface area contributed by atoms with E-state index in [1.54, 1.807) is 7.11 Å². The van der Waals surface area contributed by atoms with Crippen LogP contribution in [0.15, 0.2) is 29.3 Å². The van der Waals surface area contributed by atoms with Crippen molar-refractivity contribution in [2.24, 2.45) is 12.0 Å². The number of halogens is 1. The molecule has 9 nitrogen and oxygen atoms in total. The summed E-state index contributed by atoms with van der Waals surface area (Å²) in [6.45, 7) is 6.02. The molecule has 3 rings (SSSR count). The average molecular weight is 544 g/mol. The Labute approximate surface area is 201 Å². The molecule has 1 aliphatic heterocycles. The largest absolute Gasteiger partial charge is 0.497 e. The molecule has 1 aromatic carbocycles. The molecule has 2 heterocycles. The van der Waals surface area contributed by atoms with Gasteiger partial charge in [-0.05, 0) is 37.5 Å². The van der Waals surface area contributed by atoms with Crippen molar-refractivity contribution in [1.82, 2.24) is 25.4 Å². The first-order chi connectivity index (χ1) is 14.7. The SMILES string of the molecule is COc1ccc(CN=C(NCCCOC2CCOC2)NCc2nnc(C)n2C)cc1.I. The Bertz CT molecular complexity index is 806. The smallest absolute Gasteiger partial charge is 0.191 e. The maximum Gasteiger partial charge on any atom is 0.191 e. The lowest BCUT2D eigenvalue weighted by Crippen LogP contribution is -2.38. The van der Waals surface area contributed by atoms with Gasteiger partial charge in [-0.2, -0.15) is 0 Å². The molecule has 0 spiro atoms. The van der Waals surface area contributed by atoms with E-state index in [0.29, 0.717) is 26.3 Å². The first-order valence-corrected chi connectivity index (χ1v) is 10.3. The summed E-state index contributed by atoms with van der Waals surface area (Å²) in [6, 6.07) is 7.92. The summed E-state index contributed by atoms with van der Waals surface area (Å²) in [6.07, 6.45) is 2.12. The van der Waals surface area contributed by atoms with Gasteiger partial charge in [0.05, 0.1) is 32.9 Å². The predicted octanol–water partition coefficient (Wildman–Crippen LogP) is 2.18. The van der Waals surface area contributed by atoms with Crippen LogP contribution in [0.1, 0.15) is 30.1 Å². The van der Waals surface area contributed by atoms with E-state index >= 15 is 0 Å². The number of aromatic nitrogens is 3. The van der Waals surface area contributed by atoms with E-state index in [4.69, 9.17) is 19.2 Å². The maximum absolute atomic E-state index is 5.82. The van der Waals surface area contributed by atoms with Gasteiger partial charge in [0.2, 0.25) is 0 Å². The van der Waals surface area contributed by atoms with Crippen molar-refractivity contribution in [2.45, 2.75) is 39.0 Å². The van der Waals surface area contributed by atoms with Crippen molar-refractivity contribution in [3.8, 4) is 5.75 Å². The lowest BCUT2D eigenvalue weighted by atomic mass is 10.2. The Morgan fingerprint density at radius 2 is 2.06 bits per heavy atom. The maximum atomic E-state index is 5.82. The fourth-order valence-corrected chi connectivity index (χ4v) is 3.02. The Balaban J connectivity index is 0.00000341. The van der Waals surface area contributed by atoms with Crippen molar-refractivity contribution in [3.63, 3.8) is 0 Å². The van der Waals surface area contributed by atoms with Gasteiger partial charge in [0.1, 0.15) is 11.6 Å². The van der Waals surface area contributed by atoms with E-state index in [0.717, 1.165) is 54.9 Å². The van der Waals surface area contributed by atoms with Gasteiger partial charge < -0.3 is 29.4 Å². The van der Waals surface area contributed by atoms with Crippen molar-refractivity contribution in [2.75, 3.05) is 33.5 Å². The molecule has 0 saturated carbocycles. The average Bonchev–Trinajstić information content (AvgIpc) is 3.40. The van der Waals surface area contributed by atoms with Gasteiger partial charge in [-0.3, -0.25) is 0 Å². The van der Waals surface area contributed by atoms with Crippen LogP contribution >= 0.6 is 24.0 Å². The first-order valence-electron chi connectivity index (χ1n) is 10.3. The molecule has 1 atom stereocenters. The van der Waals surface area contributed by atoms with E-state index < -0.39 is 0 Å². The molecule has 1 aliphatic rings. The number of rotatable bonds is 10. The molecule has 0 amide bonds. The highest BCUT2D eigenvalue weighted by molar-refractivity contribution is 14.0. The number of methoxy groups -OCH3 is 1. The minimum atomic E-state index is 0. The number of nitrogens with one attached hydrogen (secondary N) is 2. The lowest BCUT2D eigenvalue weighted by Gasteiger charge is -2.14. The summed E-state index contributed by atoms with van der Waals surface area (Å²) in [5.74, 6) is 3.31. The summed E-state index contributed by atoms with van der Waals surface area (Å²) in [5.41, 5.74) is 1.11. The molecule has 31 heavy (non-hydrogen) atoms. The minimum absolute atomic E-state index is 0. The summed E-state index contributed by atoms with van der Waals surface area (Å²) < 4.78 is 18.3. The molecule has 2 N–H and O–H groups in total. The van der Waals surface area contributed by atoms with E-state index in [9.17, 15) is 0 Å². The van der Waals surface area contributed by atoms with Gasteiger partial charge in [-0.25, -0.2) is 4.99 Å². The number of benzene rings is 1. The van der Waals surface area contributed by atoms with E-state index in [1.165, 1.54) is 0 Å². The van der Waals surface area contributed by atoms with Gasteiger partial charge in [0, 0.05) is 26.8 Å². The van der Waals surface area contributed by atoms with Crippen LogP contribution in [0.4, 0.5) is 0 Å². The Morgan fingerprint density at radius 1 is 1.26 bits per heavy atom. The van der Waals surface area contributed by atoms with Crippen LogP contribution in [0.25, 0.3) is 0 Å². The minimum Gasteiger partial charge on any atom is -0.497 e. The number of hydrogen-bond acceptors (Lipinski definition) is 6. The summed E-state index contributed by atoms with van der Waals surface area (Å²) in [5, 5.41) is 15.0. The van der Waals surface area contributed by atoms with Gasteiger partial charge in [-0.15, -0.1) is 34.2 Å². The van der Waals surface area contributed by atoms with Crippen molar-refractivity contribution < 1.29 is 14.2 Å². The molecule has 10 heteroatoms. The van der Waals surface area contributed by atoms with Gasteiger partial charge >= 0.3 is 0 Å². The van der Waals surface area contributed by atoms with Gasteiger partial charge in [0.15, 0.2) is 11.8 Å². The standard InChI is InChI=1S/C21H32N6O3.HI/c1-16-25-26-20(27(16)2)14-24-21(22-10-4-11-30-19-9-12-29-15-19)23-13-17-5-7-18(28-3)8-6-17;/h5-8,19H,4,9-15H2,1-3H3,(H2,22,23,24);1H. The van der Waals surface area contributed by atoms with Crippen LogP contribution in [-0.2, 0) is 29.6 Å². The van der Waals surface area contributed by atoms with Crippen LogP contribution in [0.2, 0.25) is 0 Å². The van der Waals surface area contributed by atoms with E-state index in [1.807, 2.05) is 42.8 Å². The first kappa shape index (κ1) is 25.3. The molecule has 0 aliphatic carbocycles. The summed E-state index contributed by atoms with van der Waals surface area (Å²) in [4.78, 5) is 4.71. The highest BCUT2D eigenvalue weighted by Crippen LogP contribution is 2.12. The topological polar surface area (TPSA) is 94.8 Å². The monoisotopic (exact) mass is 544 g/mol. The molecule has 1 aromatic heterocycles. The number of nitrogens with zero attached hydrogens (tertiary/aromatic N) is 4. The third-order valence-electron chi connectivity index (χ3n) is 5.03. The zero-order valence-electron chi connectivity index (χ0n) is 18.5. The Kier molecular flexibility index (Phi) is 11.0. The molecule has 2 aromatic rings. The quantitative estimate of drug-likeness (QED) is 0.205. The molecular weight excluding hydrogens is 511 g/mol. The molecule has 1 unspecified atom stereocenters. The highest BCUT2D eigenvalue weighted by Gasteiger charge is 2.15. The van der Waals surface area contributed by atoms with Gasteiger partial charge in [-0.1, -0.05) is 12.1 Å². The van der Waals surface area contributed by atoms with E-state index in [2.05, 4.69) is 20.8 Å². The second-order valence-corrected chi connectivity index (χ2v) is 7.23. The molecular formula is C21H33IN6O3. The van der Waals surface area contributed by atoms with Crippen molar-refractivity contribution in [3.05, 3.63) is 41.5 Å². The predicted molar refractivity (Wildman–Crippen MR) is 130 cm³/mol. The lowest BCUT2D eigenvalue weighted by molar-refractivity contribution is 0.0420. The summed E-state index contributed by atoms with van der Waals surface area (Å²) in [7, 11) is 3.62. The molecule has 172 valence electrons. The van der Waals surface area contributed by atoms with Crippen LogP contribution in [0.3, 0.4) is 0 Å². The highest BCUT2D eigenvalue weighted by atomic mass is 127. The van der Waals surface area contributed by atoms with Gasteiger partial charge in [0.25, 0.3) is 0 Å². The number of hydrogen-bond donors (Lipinski definition) is 2. The van der Waals surface area contributed by atoms with Crippen LogP contribution < -0.4 is 15.4 Å². The molecule has 0 bridgehead atoms. The Morgan fingerprint density at radius 3 is 2.71 bits per heavy atom. The Hall–Kier alpha value is -1.92. The van der Waals surface area contributed by atoms with E-state index in [-0.39, 0.29) is 30.1 Å². The fourth-order valence-electron chi connectivity index (χ4n) is 3.02. The third kappa shape index (κ3) is 8.26. The third-order valence-corrected chi connectivity index (χ3v) is 5.03. The number of aliphatic imine (C=N–C) groups is 1. The zero-order valence-corrected chi connectivity index (χ0v) is 20.8. The second kappa shape index (κ2) is 13.5. The number of aryl methyl sites for hydroxylation is 1. The van der Waals surface area contributed by atoms with Crippen LogP contribution in [0, 0.1) is 6.92 Å². The molecule has 1 fully saturated rings. The van der Waals surface area contributed by atoms with Crippen LogP contribution in [0.5, 0.6) is 5.75 Å². The normalized spacial score (nSPS) is 16.1. The fraction of sp³-hybridized carbons (Fsp3) is 0.571. The van der Waals surface area contributed by atoms with Crippen molar-refractivity contribution in [1.29, 1.82) is 0 Å². The number of guanidine groups is 1. The zero-order chi connectivity index (χ0) is 21.2. The second-order valence-electron chi connectivity index (χ2n) is 7.23.